The first-order valence-corrected chi connectivity index (χ1v) is 6.55. The van der Waals surface area contributed by atoms with E-state index in [1.54, 1.807) is 0 Å². The van der Waals surface area contributed by atoms with Crippen LogP contribution in [0.1, 0.15) is 18.4 Å². The van der Waals surface area contributed by atoms with Crippen molar-refractivity contribution >= 4 is 16.7 Å². The standard InChI is InChI=1S/C15H19N3/c1-16-10-12-9-11-5-3-4-6-14(11)17-15(12)18(2)13-7-8-13/h3-6,9,13,16H,7-8,10H2,1-2H3. The van der Waals surface area contributed by atoms with E-state index in [2.05, 4.69) is 41.5 Å². The highest BCUT2D eigenvalue weighted by molar-refractivity contribution is 5.81. The third-order valence-electron chi connectivity index (χ3n) is 3.58. The van der Waals surface area contributed by atoms with Crippen LogP contribution in [-0.2, 0) is 6.54 Å². The Kier molecular flexibility index (Phi) is 2.92. The highest BCUT2D eigenvalue weighted by atomic mass is 15.2. The van der Waals surface area contributed by atoms with Crippen LogP contribution in [0, 0.1) is 0 Å². The van der Waals surface area contributed by atoms with Gasteiger partial charge in [0.2, 0.25) is 0 Å². The number of fused-ring (bicyclic) bond motifs is 1. The van der Waals surface area contributed by atoms with Gasteiger partial charge in [-0.15, -0.1) is 0 Å². The summed E-state index contributed by atoms with van der Waals surface area (Å²) in [5.41, 5.74) is 2.37. The molecule has 1 aromatic heterocycles. The molecular formula is C15H19N3. The lowest BCUT2D eigenvalue weighted by Crippen LogP contribution is -2.23. The topological polar surface area (TPSA) is 28.2 Å². The summed E-state index contributed by atoms with van der Waals surface area (Å²) in [6, 6.07) is 11.3. The van der Waals surface area contributed by atoms with Gasteiger partial charge < -0.3 is 10.2 Å². The predicted octanol–water partition coefficient (Wildman–Crippen LogP) is 2.55. The second-order valence-corrected chi connectivity index (χ2v) is 5.04. The van der Waals surface area contributed by atoms with Crippen LogP contribution in [0.4, 0.5) is 5.82 Å². The lowest BCUT2D eigenvalue weighted by atomic mass is 10.1. The fraction of sp³-hybridized carbons (Fsp3) is 0.400. The highest BCUT2D eigenvalue weighted by Crippen LogP contribution is 2.32. The van der Waals surface area contributed by atoms with Crippen LogP contribution in [0.2, 0.25) is 0 Å². The minimum Gasteiger partial charge on any atom is -0.356 e. The maximum atomic E-state index is 4.84. The first-order chi connectivity index (χ1) is 8.79. The number of anilines is 1. The first kappa shape index (κ1) is 11.5. The molecule has 1 aliphatic carbocycles. The third kappa shape index (κ3) is 2.06. The van der Waals surface area contributed by atoms with E-state index in [0.29, 0.717) is 6.04 Å². The normalized spacial score (nSPS) is 15.0. The molecule has 3 rings (SSSR count). The summed E-state index contributed by atoms with van der Waals surface area (Å²) in [5.74, 6) is 1.13. The Hall–Kier alpha value is -1.61. The van der Waals surface area contributed by atoms with Crippen molar-refractivity contribution in [2.45, 2.75) is 25.4 Å². The Morgan fingerprint density at radius 1 is 1.33 bits per heavy atom. The van der Waals surface area contributed by atoms with Gasteiger partial charge in [-0.2, -0.15) is 0 Å². The number of pyridine rings is 1. The summed E-state index contributed by atoms with van der Waals surface area (Å²) in [6.07, 6.45) is 2.59. The average Bonchev–Trinajstić information content (AvgIpc) is 3.22. The predicted molar refractivity (Wildman–Crippen MR) is 75.9 cm³/mol. The van der Waals surface area contributed by atoms with Crippen LogP contribution < -0.4 is 10.2 Å². The Morgan fingerprint density at radius 3 is 2.83 bits per heavy atom. The van der Waals surface area contributed by atoms with Crippen LogP contribution in [0.15, 0.2) is 30.3 Å². The first-order valence-electron chi connectivity index (χ1n) is 6.55. The molecule has 18 heavy (non-hydrogen) atoms. The summed E-state index contributed by atoms with van der Waals surface area (Å²) >= 11 is 0. The molecule has 0 saturated heterocycles. The SMILES string of the molecule is CNCc1cc2ccccc2nc1N(C)C1CC1. The van der Waals surface area contributed by atoms with Crippen molar-refractivity contribution in [1.29, 1.82) is 0 Å². The number of hydrogen-bond donors (Lipinski definition) is 1. The molecular weight excluding hydrogens is 222 g/mol. The summed E-state index contributed by atoms with van der Waals surface area (Å²) in [5, 5.41) is 4.45. The molecule has 0 unspecified atom stereocenters. The molecule has 94 valence electrons. The zero-order chi connectivity index (χ0) is 12.5. The van der Waals surface area contributed by atoms with E-state index in [1.165, 1.54) is 23.8 Å². The molecule has 1 heterocycles. The number of hydrogen-bond acceptors (Lipinski definition) is 3. The van der Waals surface area contributed by atoms with Crippen LogP contribution >= 0.6 is 0 Å². The quantitative estimate of drug-likeness (QED) is 0.891. The number of benzene rings is 1. The molecule has 3 heteroatoms. The zero-order valence-electron chi connectivity index (χ0n) is 11.0. The van der Waals surface area contributed by atoms with Crippen molar-refractivity contribution < 1.29 is 0 Å². The van der Waals surface area contributed by atoms with E-state index in [-0.39, 0.29) is 0 Å². The van der Waals surface area contributed by atoms with Gasteiger partial charge in [0.05, 0.1) is 5.52 Å². The molecule has 1 fully saturated rings. The smallest absolute Gasteiger partial charge is 0.133 e. The molecule has 1 saturated carbocycles. The molecule has 2 aromatic rings. The maximum Gasteiger partial charge on any atom is 0.133 e. The van der Waals surface area contributed by atoms with E-state index in [4.69, 9.17) is 4.98 Å². The second kappa shape index (κ2) is 4.58. The van der Waals surface area contributed by atoms with Crippen LogP contribution in [0.5, 0.6) is 0 Å². The van der Waals surface area contributed by atoms with Crippen LogP contribution in [0.3, 0.4) is 0 Å². The molecule has 3 nitrogen and oxygen atoms in total. The van der Waals surface area contributed by atoms with Gasteiger partial charge in [0, 0.05) is 30.6 Å². The van der Waals surface area contributed by atoms with Crippen LogP contribution in [0.25, 0.3) is 10.9 Å². The molecule has 0 radical (unpaired) electrons. The van der Waals surface area contributed by atoms with Gasteiger partial charge in [0.1, 0.15) is 5.82 Å². The molecule has 1 N–H and O–H groups in total. The van der Waals surface area contributed by atoms with Crippen molar-refractivity contribution in [2.24, 2.45) is 0 Å². The summed E-state index contributed by atoms with van der Waals surface area (Å²) in [6.45, 7) is 0.865. The summed E-state index contributed by atoms with van der Waals surface area (Å²) in [7, 11) is 4.14. The van der Waals surface area contributed by atoms with Crippen molar-refractivity contribution in [1.82, 2.24) is 10.3 Å². The Balaban J connectivity index is 2.10. The number of aromatic nitrogens is 1. The number of nitrogens with one attached hydrogen (secondary N) is 1. The van der Waals surface area contributed by atoms with Crippen molar-refractivity contribution in [3.05, 3.63) is 35.9 Å². The van der Waals surface area contributed by atoms with Gasteiger partial charge in [-0.05, 0) is 32.0 Å². The van der Waals surface area contributed by atoms with Gasteiger partial charge in [-0.25, -0.2) is 4.98 Å². The molecule has 1 aromatic carbocycles. The summed E-state index contributed by atoms with van der Waals surface area (Å²) < 4.78 is 0. The van der Waals surface area contributed by atoms with Crippen molar-refractivity contribution in [3.63, 3.8) is 0 Å². The highest BCUT2D eigenvalue weighted by Gasteiger charge is 2.28. The number of rotatable bonds is 4. The Labute approximate surface area is 108 Å². The van der Waals surface area contributed by atoms with Gasteiger partial charge in [-0.3, -0.25) is 0 Å². The Bertz CT molecular complexity index is 561. The van der Waals surface area contributed by atoms with Crippen molar-refractivity contribution in [3.8, 4) is 0 Å². The van der Waals surface area contributed by atoms with Gasteiger partial charge in [0.25, 0.3) is 0 Å². The summed E-state index contributed by atoms with van der Waals surface area (Å²) in [4.78, 5) is 7.17. The lowest BCUT2D eigenvalue weighted by molar-refractivity contribution is 0.797. The molecule has 0 spiro atoms. The lowest BCUT2D eigenvalue weighted by Gasteiger charge is -2.21. The van der Waals surface area contributed by atoms with Crippen LogP contribution in [-0.4, -0.2) is 25.1 Å². The Morgan fingerprint density at radius 2 is 2.11 bits per heavy atom. The molecule has 0 aliphatic heterocycles. The number of para-hydroxylation sites is 1. The van der Waals surface area contributed by atoms with E-state index < -0.39 is 0 Å². The van der Waals surface area contributed by atoms with Gasteiger partial charge in [0.15, 0.2) is 0 Å². The fourth-order valence-corrected chi connectivity index (χ4v) is 2.41. The van der Waals surface area contributed by atoms with Crippen molar-refractivity contribution in [2.75, 3.05) is 19.0 Å². The monoisotopic (exact) mass is 241 g/mol. The van der Waals surface area contributed by atoms with E-state index in [0.717, 1.165) is 17.9 Å². The average molecular weight is 241 g/mol. The minimum absolute atomic E-state index is 0.689. The molecule has 0 bridgehead atoms. The third-order valence-corrected chi connectivity index (χ3v) is 3.58. The maximum absolute atomic E-state index is 4.84. The largest absolute Gasteiger partial charge is 0.356 e. The second-order valence-electron chi connectivity index (χ2n) is 5.04. The van der Waals surface area contributed by atoms with Gasteiger partial charge in [-0.1, -0.05) is 18.2 Å². The van der Waals surface area contributed by atoms with Gasteiger partial charge >= 0.3 is 0 Å². The number of nitrogens with zero attached hydrogens (tertiary/aromatic N) is 2. The van der Waals surface area contributed by atoms with E-state index >= 15 is 0 Å². The molecule has 0 atom stereocenters. The van der Waals surface area contributed by atoms with E-state index in [1.807, 2.05) is 13.1 Å². The van der Waals surface area contributed by atoms with E-state index in [9.17, 15) is 0 Å². The zero-order valence-corrected chi connectivity index (χ0v) is 11.0. The minimum atomic E-state index is 0.689. The molecule has 1 aliphatic rings. The molecule has 0 amide bonds. The fourth-order valence-electron chi connectivity index (χ4n) is 2.41.